The molecule has 0 spiro atoms. The van der Waals surface area contributed by atoms with Crippen LogP contribution in [0.5, 0.6) is 0 Å². The summed E-state index contributed by atoms with van der Waals surface area (Å²) in [5.41, 5.74) is -0.608. The van der Waals surface area contributed by atoms with Gasteiger partial charge in [-0.2, -0.15) is 0 Å². The molecule has 0 bridgehead atoms. The molecule has 0 saturated heterocycles. The first-order valence-corrected chi connectivity index (χ1v) is 10.4. The Kier molecular flexibility index (Phi) is 7.32. The van der Waals surface area contributed by atoms with Gasteiger partial charge in [0, 0.05) is 18.1 Å². The predicted octanol–water partition coefficient (Wildman–Crippen LogP) is 1.69. The van der Waals surface area contributed by atoms with Crippen molar-refractivity contribution in [1.82, 2.24) is 15.4 Å². The molecule has 0 aromatic carbocycles. The van der Waals surface area contributed by atoms with Crippen molar-refractivity contribution >= 4 is 16.0 Å². The summed E-state index contributed by atoms with van der Waals surface area (Å²) in [5.74, 6) is 2.21. The van der Waals surface area contributed by atoms with Crippen molar-refractivity contribution in [3.05, 3.63) is 0 Å². The molecule has 1 saturated carbocycles. The Balaban J connectivity index is 2.69. The average Bonchev–Trinajstić information content (AvgIpc) is 2.32. The topological polar surface area (TPSA) is 82.6 Å². The van der Waals surface area contributed by atoms with Crippen LogP contribution in [0.4, 0.5) is 0 Å². The maximum Gasteiger partial charge on any atom is 0.209 e. The smallest absolute Gasteiger partial charge is 0.209 e. The molecular formula is C16H34N4O2S. The van der Waals surface area contributed by atoms with Gasteiger partial charge in [0.1, 0.15) is 0 Å². The first-order chi connectivity index (χ1) is 10.5. The van der Waals surface area contributed by atoms with Crippen LogP contribution >= 0.6 is 0 Å². The van der Waals surface area contributed by atoms with Crippen molar-refractivity contribution in [3.8, 4) is 0 Å². The molecule has 0 aromatic rings. The van der Waals surface area contributed by atoms with Crippen molar-refractivity contribution in [2.45, 2.75) is 65.5 Å². The van der Waals surface area contributed by atoms with Gasteiger partial charge in [0.25, 0.3) is 0 Å². The van der Waals surface area contributed by atoms with Crippen LogP contribution in [-0.2, 0) is 10.0 Å². The largest absolute Gasteiger partial charge is 0.357 e. The Morgan fingerprint density at radius 3 is 2.22 bits per heavy atom. The summed E-state index contributed by atoms with van der Waals surface area (Å²) in [6, 6.07) is 0.428. The molecular weight excluding hydrogens is 312 g/mol. The number of rotatable bonds is 6. The summed E-state index contributed by atoms with van der Waals surface area (Å²) >= 11 is 0. The van der Waals surface area contributed by atoms with Gasteiger partial charge in [0.15, 0.2) is 5.96 Å². The van der Waals surface area contributed by atoms with E-state index in [-0.39, 0.29) is 0 Å². The Hall–Kier alpha value is -0.820. The van der Waals surface area contributed by atoms with Gasteiger partial charge in [-0.15, -0.1) is 0 Å². The fourth-order valence-electron chi connectivity index (χ4n) is 3.39. The number of nitrogens with one attached hydrogen (secondary N) is 3. The van der Waals surface area contributed by atoms with Gasteiger partial charge in [0.2, 0.25) is 10.0 Å². The zero-order valence-electron chi connectivity index (χ0n) is 15.4. The molecule has 2 unspecified atom stereocenters. The SMILES string of the molecule is CCNC(=NCC(C)(C)NS(C)(=O)=O)NC1CC(C)CC(C)C1. The highest BCUT2D eigenvalue weighted by atomic mass is 32.2. The molecule has 0 radical (unpaired) electrons. The first-order valence-electron chi connectivity index (χ1n) is 8.54. The third kappa shape index (κ3) is 8.55. The van der Waals surface area contributed by atoms with E-state index in [9.17, 15) is 8.42 Å². The Bertz CT molecular complexity index is 492. The van der Waals surface area contributed by atoms with E-state index in [2.05, 4.69) is 34.2 Å². The van der Waals surface area contributed by atoms with E-state index in [1.807, 2.05) is 20.8 Å². The van der Waals surface area contributed by atoms with E-state index in [4.69, 9.17) is 0 Å². The molecule has 7 heteroatoms. The molecule has 0 aliphatic heterocycles. The van der Waals surface area contributed by atoms with Gasteiger partial charge in [-0.05, 0) is 51.9 Å². The molecule has 3 N–H and O–H groups in total. The summed E-state index contributed by atoms with van der Waals surface area (Å²) in [6.07, 6.45) is 4.77. The van der Waals surface area contributed by atoms with Crippen molar-refractivity contribution in [2.75, 3.05) is 19.3 Å². The van der Waals surface area contributed by atoms with Gasteiger partial charge in [-0.3, -0.25) is 4.99 Å². The van der Waals surface area contributed by atoms with Crippen LogP contribution in [0.3, 0.4) is 0 Å². The standard InChI is InChI=1S/C16H34N4O2S/c1-7-17-15(18-11-16(4,5)20-23(6,21)22)19-14-9-12(2)8-13(3)10-14/h12-14,20H,7-11H2,1-6H3,(H2,17,18,19). The normalized spacial score (nSPS) is 26.9. The van der Waals surface area contributed by atoms with Crippen LogP contribution in [0.2, 0.25) is 0 Å². The molecule has 0 amide bonds. The molecule has 23 heavy (non-hydrogen) atoms. The maximum absolute atomic E-state index is 11.4. The minimum absolute atomic E-state index is 0.382. The summed E-state index contributed by atoms with van der Waals surface area (Å²) in [5, 5.41) is 6.77. The highest BCUT2D eigenvalue weighted by Gasteiger charge is 2.25. The zero-order valence-corrected chi connectivity index (χ0v) is 16.3. The van der Waals surface area contributed by atoms with Gasteiger partial charge >= 0.3 is 0 Å². The Morgan fingerprint density at radius 1 is 1.17 bits per heavy atom. The van der Waals surface area contributed by atoms with E-state index < -0.39 is 15.6 Å². The predicted molar refractivity (Wildman–Crippen MR) is 97.1 cm³/mol. The summed E-state index contributed by atoms with van der Waals surface area (Å²) in [6.45, 7) is 11.5. The van der Waals surface area contributed by atoms with Crippen LogP contribution in [0.25, 0.3) is 0 Å². The summed E-state index contributed by atoms with van der Waals surface area (Å²) < 4.78 is 25.5. The number of guanidine groups is 1. The molecule has 1 rings (SSSR count). The monoisotopic (exact) mass is 346 g/mol. The lowest BCUT2D eigenvalue weighted by Gasteiger charge is -2.33. The molecule has 1 fully saturated rings. The number of hydrogen-bond donors (Lipinski definition) is 3. The van der Waals surface area contributed by atoms with Crippen LogP contribution < -0.4 is 15.4 Å². The second kappa shape index (κ2) is 8.33. The van der Waals surface area contributed by atoms with Crippen molar-refractivity contribution in [3.63, 3.8) is 0 Å². The molecule has 136 valence electrons. The zero-order chi connectivity index (χ0) is 17.7. The lowest BCUT2D eigenvalue weighted by atomic mass is 9.80. The van der Waals surface area contributed by atoms with E-state index >= 15 is 0 Å². The van der Waals surface area contributed by atoms with Crippen molar-refractivity contribution < 1.29 is 8.42 Å². The lowest BCUT2D eigenvalue weighted by molar-refractivity contribution is 0.255. The average molecular weight is 347 g/mol. The first kappa shape index (κ1) is 20.2. The third-order valence-electron chi connectivity index (χ3n) is 3.96. The number of sulfonamides is 1. The second-order valence-electron chi connectivity index (χ2n) is 7.71. The number of nitrogens with zero attached hydrogens (tertiary/aromatic N) is 1. The molecule has 0 heterocycles. The molecule has 6 nitrogen and oxygen atoms in total. The minimum atomic E-state index is -3.24. The van der Waals surface area contributed by atoms with Crippen LogP contribution in [0.15, 0.2) is 4.99 Å². The van der Waals surface area contributed by atoms with Gasteiger partial charge < -0.3 is 10.6 Å². The Labute approximate surface area is 142 Å². The fourth-order valence-corrected chi connectivity index (χ4v) is 4.46. The quantitative estimate of drug-likeness (QED) is 0.505. The molecule has 2 atom stereocenters. The van der Waals surface area contributed by atoms with Crippen LogP contribution in [-0.4, -0.2) is 45.3 Å². The van der Waals surface area contributed by atoms with E-state index in [1.54, 1.807) is 0 Å². The summed E-state index contributed by atoms with van der Waals surface area (Å²) in [4.78, 5) is 4.58. The third-order valence-corrected chi connectivity index (χ3v) is 4.88. The van der Waals surface area contributed by atoms with Crippen LogP contribution in [0, 0.1) is 11.8 Å². The van der Waals surface area contributed by atoms with Crippen LogP contribution in [0.1, 0.15) is 53.9 Å². The van der Waals surface area contributed by atoms with E-state index in [0.29, 0.717) is 12.6 Å². The second-order valence-corrected chi connectivity index (χ2v) is 9.46. The Morgan fingerprint density at radius 2 is 1.74 bits per heavy atom. The van der Waals surface area contributed by atoms with Gasteiger partial charge in [-0.1, -0.05) is 13.8 Å². The highest BCUT2D eigenvalue weighted by molar-refractivity contribution is 7.88. The minimum Gasteiger partial charge on any atom is -0.357 e. The lowest BCUT2D eigenvalue weighted by Crippen LogP contribution is -2.49. The molecule has 1 aliphatic rings. The molecule has 0 aromatic heterocycles. The molecule has 1 aliphatic carbocycles. The number of aliphatic imine (C=N–C) groups is 1. The van der Waals surface area contributed by atoms with Gasteiger partial charge in [0.05, 0.1) is 12.8 Å². The van der Waals surface area contributed by atoms with Crippen molar-refractivity contribution in [1.29, 1.82) is 0 Å². The maximum atomic E-state index is 11.4. The highest BCUT2D eigenvalue weighted by Crippen LogP contribution is 2.28. The van der Waals surface area contributed by atoms with Crippen molar-refractivity contribution in [2.24, 2.45) is 16.8 Å². The fraction of sp³-hybridized carbons (Fsp3) is 0.938. The summed E-state index contributed by atoms with van der Waals surface area (Å²) in [7, 11) is -3.24. The number of hydrogen-bond acceptors (Lipinski definition) is 3. The van der Waals surface area contributed by atoms with E-state index in [0.717, 1.165) is 37.2 Å². The van der Waals surface area contributed by atoms with Gasteiger partial charge in [-0.25, -0.2) is 13.1 Å². The van der Waals surface area contributed by atoms with E-state index in [1.165, 1.54) is 12.7 Å².